The van der Waals surface area contributed by atoms with E-state index in [2.05, 4.69) is 28.0 Å². The molecule has 1 atom stereocenters. The fourth-order valence-corrected chi connectivity index (χ4v) is 4.82. The van der Waals surface area contributed by atoms with Crippen molar-refractivity contribution in [2.45, 2.75) is 38.3 Å². The van der Waals surface area contributed by atoms with Crippen molar-refractivity contribution in [1.82, 2.24) is 9.80 Å². The van der Waals surface area contributed by atoms with Gasteiger partial charge in [-0.1, -0.05) is 12.1 Å². The predicted molar refractivity (Wildman–Crippen MR) is 93.5 cm³/mol. The summed E-state index contributed by atoms with van der Waals surface area (Å²) in [6.45, 7) is 7.52. The topological polar surface area (TPSA) is 39.5 Å². The first-order valence-corrected chi connectivity index (χ1v) is 9.32. The molecule has 0 N–H and O–H groups in total. The highest BCUT2D eigenvalue weighted by Gasteiger charge is 2.50. The van der Waals surface area contributed by atoms with Crippen LogP contribution in [0.15, 0.2) is 24.3 Å². The summed E-state index contributed by atoms with van der Waals surface area (Å²) in [5.41, 5.74) is 2.65. The molecule has 4 heteroatoms. The molecule has 0 aromatic heterocycles. The number of hydrogen-bond acceptors (Lipinski definition) is 4. The summed E-state index contributed by atoms with van der Waals surface area (Å²) >= 11 is 0. The Morgan fingerprint density at radius 1 is 1.04 bits per heavy atom. The minimum absolute atomic E-state index is 0.582. The summed E-state index contributed by atoms with van der Waals surface area (Å²) < 4.78 is 5.52. The number of piperidine rings is 1. The quantitative estimate of drug-likeness (QED) is 0.856. The smallest absolute Gasteiger partial charge is 0.0991 e. The van der Waals surface area contributed by atoms with E-state index in [1.165, 1.54) is 44.3 Å². The lowest BCUT2D eigenvalue weighted by Crippen LogP contribution is -2.61. The third-order valence-electron chi connectivity index (χ3n) is 6.45. The van der Waals surface area contributed by atoms with Crippen molar-refractivity contribution in [1.29, 1.82) is 5.26 Å². The van der Waals surface area contributed by atoms with Gasteiger partial charge in [0, 0.05) is 25.7 Å². The lowest BCUT2D eigenvalue weighted by atomic mass is 9.58. The lowest BCUT2D eigenvalue weighted by molar-refractivity contribution is -0.0976. The van der Waals surface area contributed by atoms with E-state index in [0.29, 0.717) is 5.41 Å². The van der Waals surface area contributed by atoms with Gasteiger partial charge in [0.15, 0.2) is 0 Å². The Bertz CT molecular complexity index is 592. The second-order valence-electron chi connectivity index (χ2n) is 7.65. The molecule has 1 saturated carbocycles. The van der Waals surface area contributed by atoms with E-state index in [0.717, 1.165) is 44.5 Å². The highest BCUT2D eigenvalue weighted by molar-refractivity contribution is 5.31. The number of nitriles is 1. The van der Waals surface area contributed by atoms with Crippen molar-refractivity contribution in [3.63, 3.8) is 0 Å². The van der Waals surface area contributed by atoms with Gasteiger partial charge in [-0.25, -0.2) is 0 Å². The minimum atomic E-state index is 0.582. The molecule has 4 nitrogen and oxygen atoms in total. The third-order valence-corrected chi connectivity index (χ3v) is 6.45. The monoisotopic (exact) mass is 325 g/mol. The average molecular weight is 325 g/mol. The first-order valence-electron chi connectivity index (χ1n) is 9.32. The van der Waals surface area contributed by atoms with Crippen molar-refractivity contribution < 1.29 is 4.74 Å². The van der Waals surface area contributed by atoms with Gasteiger partial charge in [-0.2, -0.15) is 5.26 Å². The molecule has 4 rings (SSSR count). The number of ether oxygens (including phenoxy) is 1. The molecular formula is C20H27N3O. The first-order chi connectivity index (χ1) is 11.8. The van der Waals surface area contributed by atoms with Crippen molar-refractivity contribution in [3.05, 3.63) is 35.4 Å². The Kier molecular flexibility index (Phi) is 4.58. The largest absolute Gasteiger partial charge is 0.379 e. The Hall–Kier alpha value is -1.41. The standard InChI is InChI=1S/C20H27N3O/c21-15-17-1-3-18(4-2-17)16-22-9-7-20(8-10-22)6-5-19(20)23-11-13-24-14-12-23/h1-4,19H,5-14,16H2. The Labute approximate surface area is 145 Å². The molecule has 2 saturated heterocycles. The highest BCUT2D eigenvalue weighted by atomic mass is 16.5. The van der Waals surface area contributed by atoms with Gasteiger partial charge < -0.3 is 4.74 Å². The molecule has 3 fully saturated rings. The van der Waals surface area contributed by atoms with E-state index in [-0.39, 0.29) is 0 Å². The summed E-state index contributed by atoms with van der Waals surface area (Å²) in [5, 5.41) is 8.90. The van der Waals surface area contributed by atoms with E-state index in [4.69, 9.17) is 10.00 Å². The number of likely N-dealkylation sites (tertiary alicyclic amines) is 1. The molecule has 0 bridgehead atoms. The maximum atomic E-state index is 8.90. The summed E-state index contributed by atoms with van der Waals surface area (Å²) in [6.07, 6.45) is 5.48. The van der Waals surface area contributed by atoms with Gasteiger partial charge in [-0.05, 0) is 61.9 Å². The van der Waals surface area contributed by atoms with E-state index in [1.807, 2.05) is 12.1 Å². The van der Waals surface area contributed by atoms with Gasteiger partial charge in [0.05, 0.1) is 24.8 Å². The normalized spacial score (nSPS) is 27.5. The van der Waals surface area contributed by atoms with Crippen LogP contribution in [0.3, 0.4) is 0 Å². The molecule has 2 heterocycles. The van der Waals surface area contributed by atoms with Crippen molar-refractivity contribution in [2.24, 2.45) is 5.41 Å². The van der Waals surface area contributed by atoms with Crippen molar-refractivity contribution >= 4 is 0 Å². The van der Waals surface area contributed by atoms with Gasteiger partial charge in [-0.3, -0.25) is 9.80 Å². The van der Waals surface area contributed by atoms with Crippen LogP contribution in [0, 0.1) is 16.7 Å². The van der Waals surface area contributed by atoms with Crippen LogP contribution in [0.2, 0.25) is 0 Å². The number of rotatable bonds is 3. The molecule has 1 spiro atoms. The van der Waals surface area contributed by atoms with E-state index < -0.39 is 0 Å². The van der Waals surface area contributed by atoms with Crippen LogP contribution in [-0.2, 0) is 11.3 Å². The first kappa shape index (κ1) is 16.1. The van der Waals surface area contributed by atoms with Gasteiger partial charge in [0.2, 0.25) is 0 Å². The molecule has 1 aromatic carbocycles. The van der Waals surface area contributed by atoms with Gasteiger partial charge in [-0.15, -0.1) is 0 Å². The van der Waals surface area contributed by atoms with E-state index in [1.54, 1.807) is 0 Å². The van der Waals surface area contributed by atoms with E-state index >= 15 is 0 Å². The zero-order valence-corrected chi connectivity index (χ0v) is 14.4. The predicted octanol–water partition coefficient (Wildman–Crippen LogP) is 2.64. The van der Waals surface area contributed by atoms with Crippen LogP contribution in [-0.4, -0.2) is 55.2 Å². The van der Waals surface area contributed by atoms with Crippen LogP contribution in [0.4, 0.5) is 0 Å². The molecule has 128 valence electrons. The summed E-state index contributed by atoms with van der Waals surface area (Å²) in [5.74, 6) is 0. The molecule has 24 heavy (non-hydrogen) atoms. The summed E-state index contributed by atoms with van der Waals surface area (Å²) in [6, 6.07) is 11.1. The van der Waals surface area contributed by atoms with Crippen molar-refractivity contribution in [3.8, 4) is 6.07 Å². The van der Waals surface area contributed by atoms with Crippen LogP contribution < -0.4 is 0 Å². The molecule has 1 unspecified atom stereocenters. The lowest BCUT2D eigenvalue weighted by Gasteiger charge is -2.58. The van der Waals surface area contributed by atoms with Crippen LogP contribution in [0.1, 0.15) is 36.8 Å². The third kappa shape index (κ3) is 3.09. The molecule has 0 amide bonds. The minimum Gasteiger partial charge on any atom is -0.379 e. The molecule has 0 radical (unpaired) electrons. The maximum Gasteiger partial charge on any atom is 0.0991 e. The zero-order valence-electron chi connectivity index (χ0n) is 14.4. The second-order valence-corrected chi connectivity index (χ2v) is 7.65. The second kappa shape index (κ2) is 6.84. The highest BCUT2D eigenvalue weighted by Crippen LogP contribution is 2.51. The molecular weight excluding hydrogens is 298 g/mol. The van der Waals surface area contributed by atoms with Gasteiger partial charge in [0.1, 0.15) is 0 Å². The van der Waals surface area contributed by atoms with Crippen molar-refractivity contribution in [2.75, 3.05) is 39.4 Å². The average Bonchev–Trinajstić information content (AvgIpc) is 2.63. The SMILES string of the molecule is N#Cc1ccc(CN2CCC3(CCC3N3CCOCC3)CC2)cc1. The molecule has 1 aliphatic carbocycles. The van der Waals surface area contributed by atoms with Crippen LogP contribution in [0.25, 0.3) is 0 Å². The fourth-order valence-electron chi connectivity index (χ4n) is 4.82. The maximum absolute atomic E-state index is 8.90. The number of morpholine rings is 1. The Balaban J connectivity index is 1.32. The number of benzene rings is 1. The Morgan fingerprint density at radius 3 is 2.33 bits per heavy atom. The number of nitrogens with zero attached hydrogens (tertiary/aromatic N) is 3. The van der Waals surface area contributed by atoms with Gasteiger partial charge in [0.25, 0.3) is 0 Å². The molecule has 2 aliphatic heterocycles. The number of hydrogen-bond donors (Lipinski definition) is 0. The summed E-state index contributed by atoms with van der Waals surface area (Å²) in [7, 11) is 0. The zero-order chi connectivity index (χ0) is 16.4. The fraction of sp³-hybridized carbons (Fsp3) is 0.650. The van der Waals surface area contributed by atoms with E-state index in [9.17, 15) is 0 Å². The summed E-state index contributed by atoms with van der Waals surface area (Å²) in [4.78, 5) is 5.28. The van der Waals surface area contributed by atoms with Crippen LogP contribution >= 0.6 is 0 Å². The Morgan fingerprint density at radius 2 is 1.75 bits per heavy atom. The molecule has 1 aromatic rings. The van der Waals surface area contributed by atoms with Gasteiger partial charge >= 0.3 is 0 Å². The van der Waals surface area contributed by atoms with Crippen LogP contribution in [0.5, 0.6) is 0 Å². The molecule has 3 aliphatic rings.